The van der Waals surface area contributed by atoms with Crippen molar-refractivity contribution in [1.82, 2.24) is 19.9 Å². The van der Waals surface area contributed by atoms with Crippen molar-refractivity contribution in [2.24, 2.45) is 34.2 Å². The number of carbonyl (C=O) groups is 1. The Balaban J connectivity index is 1.34. The van der Waals surface area contributed by atoms with Gasteiger partial charge in [0.2, 0.25) is 0 Å². The van der Waals surface area contributed by atoms with Gasteiger partial charge in [-0.15, -0.1) is 5.10 Å². The van der Waals surface area contributed by atoms with E-state index in [9.17, 15) is 35.4 Å². The van der Waals surface area contributed by atoms with Gasteiger partial charge in [0.05, 0.1) is 65.0 Å². The van der Waals surface area contributed by atoms with Crippen molar-refractivity contribution >= 4 is 17.4 Å². The SMILES string of the molecule is C=C1CC[C@]2(C)C[C@@H](C)/C(=N\O)[C@H](C)[C@@H](OC1)[C@](C)(O)[C@@H](CC)OC(=O)[C@H](C)[C@@H](O[C@H]1C[C@@](C)(OC)[C@@H](O)[C@H](C)O1)[C@H](C)[C@H]2O[C@@H]1O[C@H](C)C[C@H](N(C)CCc2cn(CCc3ccc([N+](=O)[O-])cc3)nn2)[C@H]1O. The molecule has 410 valence electrons. The van der Waals surface area contributed by atoms with Crippen molar-refractivity contribution in [2.75, 3.05) is 27.3 Å². The standard InChI is InChI=1S/C53H84N6O14/c1-14-41-53(11,63)48-33(5)43(55-64)31(3)26-51(9,22-19-30(2)29-68-48)47(34(6)45(35(7)49(62)71-41)72-42-27-52(10,67-13)46(61)36(8)70-42)73-50-44(60)40(25-32(4)69-50)57(12)23-21-38-28-58(56-54-38)24-20-37-15-17-39(18-16-37)59(65)66/h15-18,28,31-36,40-42,44-48,50,60-61,63-64H,2,14,19-27,29H2,1,3-13H3/b55-43+/t31-,32-,33+,34+,35-,36+,40+,41-,42+,44-,45+,46+,47-,48-,50+,51-,52-,53-/m1/s1. The van der Waals surface area contributed by atoms with Gasteiger partial charge in [-0.1, -0.05) is 69.3 Å². The highest BCUT2D eigenvalue weighted by Gasteiger charge is 2.54. The number of esters is 1. The van der Waals surface area contributed by atoms with Gasteiger partial charge in [-0.3, -0.25) is 19.6 Å². The third kappa shape index (κ3) is 13.4. The Labute approximate surface area is 430 Å². The van der Waals surface area contributed by atoms with Gasteiger partial charge in [0.1, 0.15) is 23.9 Å². The summed E-state index contributed by atoms with van der Waals surface area (Å²) in [5, 5.41) is 70.7. The number of methoxy groups -OCH3 is 1. The zero-order valence-electron chi connectivity index (χ0n) is 45.1. The number of aliphatic hydroxyl groups is 3. The maximum atomic E-state index is 14.8. The van der Waals surface area contributed by atoms with Crippen LogP contribution in [0.15, 0.2) is 47.8 Å². The van der Waals surface area contributed by atoms with Crippen LogP contribution in [0.1, 0.15) is 119 Å². The molecule has 4 saturated heterocycles. The molecule has 0 radical (unpaired) electrons. The summed E-state index contributed by atoms with van der Waals surface area (Å²) in [5.41, 5.74) is -0.715. The maximum Gasteiger partial charge on any atom is 0.311 e. The first kappa shape index (κ1) is 58.3. The number of nitrogens with zero attached hydrogens (tertiary/aromatic N) is 6. The summed E-state index contributed by atoms with van der Waals surface area (Å²) in [6, 6.07) is 6.06. The smallest absolute Gasteiger partial charge is 0.311 e. The number of cyclic esters (lactones) is 1. The second-order valence-electron chi connectivity index (χ2n) is 22.3. The van der Waals surface area contributed by atoms with E-state index in [0.29, 0.717) is 57.3 Å². The molecule has 0 amide bonds. The van der Waals surface area contributed by atoms with Crippen molar-refractivity contribution in [2.45, 2.75) is 206 Å². The number of hydrogen-bond acceptors (Lipinski definition) is 18. The molecule has 2 aromatic rings. The van der Waals surface area contributed by atoms with Gasteiger partial charge in [0.15, 0.2) is 12.6 Å². The first-order valence-corrected chi connectivity index (χ1v) is 26.1. The average molecular weight is 1030 g/mol. The number of oxime groups is 1. The van der Waals surface area contributed by atoms with Gasteiger partial charge in [0, 0.05) is 69.2 Å². The van der Waals surface area contributed by atoms with Gasteiger partial charge in [-0.25, -0.2) is 0 Å². The second kappa shape index (κ2) is 24.4. The number of non-ortho nitro benzene ring substituents is 1. The molecule has 4 N–H and O–H groups in total. The number of carbonyl (C=O) groups excluding carboxylic acids is 1. The number of ether oxygens (including phenoxy) is 7. The molecule has 20 heteroatoms. The third-order valence-electron chi connectivity index (χ3n) is 16.6. The summed E-state index contributed by atoms with van der Waals surface area (Å²) in [6.45, 7) is 24.1. The van der Waals surface area contributed by atoms with Crippen LogP contribution in [0.3, 0.4) is 0 Å². The summed E-state index contributed by atoms with van der Waals surface area (Å²) < 4.78 is 47.7. The van der Waals surface area contributed by atoms with Crippen molar-refractivity contribution < 1.29 is 63.4 Å². The fourth-order valence-corrected chi connectivity index (χ4v) is 12.0. The second-order valence-corrected chi connectivity index (χ2v) is 22.3. The number of benzene rings is 1. The molecule has 18 atom stereocenters. The van der Waals surface area contributed by atoms with Gasteiger partial charge in [-0.2, -0.15) is 0 Å². The number of nitro groups is 1. The van der Waals surface area contributed by atoms with Gasteiger partial charge >= 0.3 is 5.97 Å². The number of aryl methyl sites for hydroxylation is 2. The van der Waals surface area contributed by atoms with Crippen LogP contribution in [-0.2, 0) is 57.3 Å². The Morgan fingerprint density at radius 1 is 1.03 bits per heavy atom. The van der Waals surface area contributed by atoms with E-state index in [-0.39, 0.29) is 31.2 Å². The highest BCUT2D eigenvalue weighted by atomic mass is 16.7. The zero-order valence-corrected chi connectivity index (χ0v) is 45.1. The molecule has 2 bridgehead atoms. The molecule has 0 aliphatic carbocycles. The highest BCUT2D eigenvalue weighted by Crippen LogP contribution is 2.47. The van der Waals surface area contributed by atoms with E-state index in [1.165, 1.54) is 19.2 Å². The molecule has 1 aromatic heterocycles. The summed E-state index contributed by atoms with van der Waals surface area (Å²) >= 11 is 0. The first-order valence-electron chi connectivity index (χ1n) is 26.1. The monoisotopic (exact) mass is 1030 g/mol. The van der Waals surface area contributed by atoms with Crippen LogP contribution in [-0.4, -0.2) is 163 Å². The van der Waals surface area contributed by atoms with E-state index in [0.717, 1.165) is 16.8 Å². The number of nitro benzene ring substituents is 1. The molecule has 5 heterocycles. The van der Waals surface area contributed by atoms with E-state index in [2.05, 4.69) is 33.9 Å². The summed E-state index contributed by atoms with van der Waals surface area (Å²) in [7, 11) is 3.48. The molecule has 0 unspecified atom stereocenters. The average Bonchev–Trinajstić information content (AvgIpc) is 3.81. The molecule has 1 aromatic carbocycles. The van der Waals surface area contributed by atoms with Gasteiger partial charge in [0.25, 0.3) is 5.69 Å². The number of aliphatic hydroxyl groups excluding tert-OH is 2. The summed E-state index contributed by atoms with van der Waals surface area (Å²) in [4.78, 5) is 27.5. The van der Waals surface area contributed by atoms with Crippen LogP contribution in [0.2, 0.25) is 0 Å². The fourth-order valence-electron chi connectivity index (χ4n) is 12.0. The van der Waals surface area contributed by atoms with Crippen molar-refractivity contribution in [3.63, 3.8) is 0 Å². The highest BCUT2D eigenvalue weighted by molar-refractivity contribution is 5.88. The van der Waals surface area contributed by atoms with Crippen molar-refractivity contribution in [3.8, 4) is 0 Å². The minimum absolute atomic E-state index is 0.0404. The number of aromatic nitrogens is 3. The lowest BCUT2D eigenvalue weighted by Crippen LogP contribution is -2.60. The van der Waals surface area contributed by atoms with E-state index < -0.39 is 113 Å². The van der Waals surface area contributed by atoms with Gasteiger partial charge < -0.3 is 58.6 Å². The topological polar surface area (TPSA) is 252 Å². The number of likely N-dealkylation sites (N-methyl/N-ethyl adjacent to an activating group) is 1. The molecule has 4 fully saturated rings. The van der Waals surface area contributed by atoms with Crippen LogP contribution in [0.25, 0.3) is 0 Å². The summed E-state index contributed by atoms with van der Waals surface area (Å²) in [5.74, 6) is -3.32. The van der Waals surface area contributed by atoms with Crippen LogP contribution < -0.4 is 0 Å². The predicted molar refractivity (Wildman–Crippen MR) is 270 cm³/mol. The first-order chi connectivity index (χ1) is 34.4. The molecule has 4 aliphatic heterocycles. The molecule has 0 saturated carbocycles. The number of rotatable bonds is 14. The molecular weight excluding hydrogens is 945 g/mol. The summed E-state index contributed by atoms with van der Waals surface area (Å²) in [6.07, 6.45) is -3.76. The van der Waals surface area contributed by atoms with Crippen molar-refractivity contribution in [1.29, 1.82) is 0 Å². The lowest BCUT2D eigenvalue weighted by Gasteiger charge is -2.50. The normalized spacial score (nSPS) is 39.9. The minimum atomic E-state index is -1.75. The Kier molecular flexibility index (Phi) is 19.5. The molecular formula is C53H84N6O14. The van der Waals surface area contributed by atoms with E-state index >= 15 is 0 Å². The third-order valence-corrected chi connectivity index (χ3v) is 16.6. The van der Waals surface area contributed by atoms with Crippen molar-refractivity contribution in [3.05, 3.63) is 64.0 Å². The van der Waals surface area contributed by atoms with E-state index in [1.54, 1.807) is 44.5 Å². The van der Waals surface area contributed by atoms with Crippen LogP contribution in [0.5, 0.6) is 0 Å². The van der Waals surface area contributed by atoms with Gasteiger partial charge in [-0.05, 0) is 97.1 Å². The predicted octanol–water partition coefficient (Wildman–Crippen LogP) is 6.03. The molecule has 73 heavy (non-hydrogen) atoms. The molecule has 6 rings (SSSR count). The molecule has 20 nitrogen and oxygen atoms in total. The maximum absolute atomic E-state index is 14.8. The Bertz CT molecular complexity index is 2190. The fraction of sp³-hybridized carbons (Fsp3) is 0.774. The number of hydrogen-bond donors (Lipinski definition) is 4. The molecule has 0 spiro atoms. The minimum Gasteiger partial charge on any atom is -0.459 e. The van der Waals surface area contributed by atoms with E-state index in [4.69, 9.17) is 33.2 Å². The largest absolute Gasteiger partial charge is 0.459 e. The Morgan fingerprint density at radius 3 is 2.37 bits per heavy atom. The Morgan fingerprint density at radius 2 is 1.73 bits per heavy atom. The Hall–Kier alpha value is -3.96. The lowest BCUT2D eigenvalue weighted by atomic mass is 9.66. The zero-order chi connectivity index (χ0) is 53.7. The van der Waals surface area contributed by atoms with E-state index in [1.807, 2.05) is 47.9 Å². The molecule has 4 aliphatic rings. The number of fused-ring (bicyclic) bond motifs is 5. The quantitative estimate of drug-likeness (QED) is 0.0554. The lowest BCUT2D eigenvalue weighted by molar-refractivity contribution is -0.384. The van der Waals surface area contributed by atoms with Crippen LogP contribution in [0.4, 0.5) is 5.69 Å². The van der Waals surface area contributed by atoms with Crippen LogP contribution in [0, 0.1) is 39.2 Å². The van der Waals surface area contributed by atoms with Crippen LogP contribution >= 0.6 is 0 Å².